The van der Waals surface area contributed by atoms with E-state index in [-0.39, 0.29) is 34.6 Å². The number of rotatable bonds is 7. The van der Waals surface area contributed by atoms with Gasteiger partial charge < -0.3 is 15.0 Å². The molecule has 2 aliphatic rings. The SMILES string of the molecule is CCNC(=NCc1cccc([N+](=O)[O-])c1)N1CCC(OCC2CCCC2)CC1.I. The molecule has 0 unspecified atom stereocenters. The summed E-state index contributed by atoms with van der Waals surface area (Å²) in [6.45, 7) is 6.06. The molecule has 1 N–H and O–H groups in total. The molecule has 29 heavy (non-hydrogen) atoms. The second-order valence-corrected chi connectivity index (χ2v) is 7.77. The Bertz CT molecular complexity index is 672. The molecule has 1 aromatic carbocycles. The summed E-state index contributed by atoms with van der Waals surface area (Å²) < 4.78 is 6.17. The van der Waals surface area contributed by atoms with Gasteiger partial charge in [-0.25, -0.2) is 4.99 Å². The largest absolute Gasteiger partial charge is 0.378 e. The minimum absolute atomic E-state index is 0. The highest BCUT2D eigenvalue weighted by Crippen LogP contribution is 2.26. The zero-order chi connectivity index (χ0) is 19.8. The van der Waals surface area contributed by atoms with E-state index in [1.807, 2.05) is 6.07 Å². The van der Waals surface area contributed by atoms with Crippen LogP contribution in [0.5, 0.6) is 0 Å². The highest BCUT2D eigenvalue weighted by atomic mass is 127. The Morgan fingerprint density at radius 3 is 2.66 bits per heavy atom. The predicted molar refractivity (Wildman–Crippen MR) is 126 cm³/mol. The van der Waals surface area contributed by atoms with Crippen molar-refractivity contribution in [3.63, 3.8) is 0 Å². The number of hydrogen-bond donors (Lipinski definition) is 1. The lowest BCUT2D eigenvalue weighted by Crippen LogP contribution is -2.47. The number of nitrogens with one attached hydrogen (secondary N) is 1. The number of nitro groups is 1. The number of nitrogens with zero attached hydrogens (tertiary/aromatic N) is 3. The molecule has 3 rings (SSSR count). The number of hydrogen-bond acceptors (Lipinski definition) is 4. The quantitative estimate of drug-likeness (QED) is 0.192. The van der Waals surface area contributed by atoms with E-state index < -0.39 is 0 Å². The Hall–Kier alpha value is -1.42. The number of nitro benzene ring substituents is 1. The minimum atomic E-state index is -0.366. The molecule has 1 aromatic rings. The smallest absolute Gasteiger partial charge is 0.269 e. The number of non-ortho nitro benzene ring substituents is 1. The third-order valence-electron chi connectivity index (χ3n) is 5.65. The first kappa shape index (κ1) is 23.9. The number of halogens is 1. The molecule has 0 aromatic heterocycles. The molecule has 7 nitrogen and oxygen atoms in total. The highest BCUT2D eigenvalue weighted by Gasteiger charge is 2.24. The maximum Gasteiger partial charge on any atom is 0.269 e. The van der Waals surface area contributed by atoms with Crippen LogP contribution in [0, 0.1) is 16.0 Å². The molecule has 0 bridgehead atoms. The predicted octanol–water partition coefficient (Wildman–Crippen LogP) is 4.35. The van der Waals surface area contributed by atoms with Crippen molar-refractivity contribution in [3.05, 3.63) is 39.9 Å². The molecule has 1 aliphatic carbocycles. The Balaban J connectivity index is 0.00000300. The van der Waals surface area contributed by atoms with E-state index in [1.54, 1.807) is 12.1 Å². The van der Waals surface area contributed by atoms with Crippen LogP contribution in [0.4, 0.5) is 5.69 Å². The van der Waals surface area contributed by atoms with Gasteiger partial charge in [0.2, 0.25) is 0 Å². The lowest BCUT2D eigenvalue weighted by Gasteiger charge is -2.34. The maximum atomic E-state index is 10.9. The third kappa shape index (κ3) is 7.40. The van der Waals surface area contributed by atoms with E-state index in [2.05, 4.69) is 17.1 Å². The summed E-state index contributed by atoms with van der Waals surface area (Å²) in [6.07, 6.45) is 7.78. The Morgan fingerprint density at radius 1 is 1.28 bits per heavy atom. The number of likely N-dealkylation sites (tertiary alicyclic amines) is 1. The van der Waals surface area contributed by atoms with E-state index >= 15 is 0 Å². The van der Waals surface area contributed by atoms with Crippen LogP contribution in [-0.2, 0) is 11.3 Å². The van der Waals surface area contributed by atoms with Crippen molar-refractivity contribution in [2.75, 3.05) is 26.2 Å². The van der Waals surface area contributed by atoms with Gasteiger partial charge in [-0.1, -0.05) is 25.0 Å². The molecular formula is C21H33IN4O3. The Morgan fingerprint density at radius 2 is 2.00 bits per heavy atom. The second-order valence-electron chi connectivity index (χ2n) is 7.77. The van der Waals surface area contributed by atoms with Crippen LogP contribution in [0.25, 0.3) is 0 Å². The summed E-state index contributed by atoms with van der Waals surface area (Å²) in [6, 6.07) is 6.69. The van der Waals surface area contributed by atoms with Crippen molar-refractivity contribution >= 4 is 35.6 Å². The van der Waals surface area contributed by atoms with Crippen molar-refractivity contribution in [2.24, 2.45) is 10.9 Å². The first-order valence-electron chi connectivity index (χ1n) is 10.5. The first-order chi connectivity index (χ1) is 13.7. The summed E-state index contributed by atoms with van der Waals surface area (Å²) in [4.78, 5) is 17.6. The first-order valence-corrected chi connectivity index (χ1v) is 10.5. The van der Waals surface area contributed by atoms with Crippen molar-refractivity contribution in [1.29, 1.82) is 0 Å². The van der Waals surface area contributed by atoms with Gasteiger partial charge in [-0.05, 0) is 44.1 Å². The highest BCUT2D eigenvalue weighted by molar-refractivity contribution is 14.0. The van der Waals surface area contributed by atoms with Crippen molar-refractivity contribution in [1.82, 2.24) is 10.2 Å². The fourth-order valence-corrected chi connectivity index (χ4v) is 4.04. The number of ether oxygens (including phenoxy) is 1. The van der Waals surface area contributed by atoms with Crippen LogP contribution in [-0.4, -0.2) is 48.1 Å². The summed E-state index contributed by atoms with van der Waals surface area (Å²) in [5, 5.41) is 14.3. The molecule has 1 aliphatic heterocycles. The molecule has 1 saturated carbocycles. The normalized spacial score (nSPS) is 18.5. The zero-order valence-electron chi connectivity index (χ0n) is 17.2. The zero-order valence-corrected chi connectivity index (χ0v) is 19.5. The Labute approximate surface area is 190 Å². The summed E-state index contributed by atoms with van der Waals surface area (Å²) >= 11 is 0. The fourth-order valence-electron chi connectivity index (χ4n) is 4.04. The van der Waals surface area contributed by atoms with Crippen LogP contribution in [0.15, 0.2) is 29.3 Å². The van der Waals surface area contributed by atoms with E-state index in [9.17, 15) is 10.1 Å². The molecule has 1 saturated heterocycles. The number of guanidine groups is 1. The number of piperidine rings is 1. The van der Waals surface area contributed by atoms with Crippen molar-refractivity contribution in [2.45, 2.75) is 58.1 Å². The number of aliphatic imine (C=N–C) groups is 1. The van der Waals surface area contributed by atoms with Gasteiger partial charge in [-0.2, -0.15) is 0 Å². The standard InChI is InChI=1S/C21H32N4O3.HI/c1-2-22-21(23-15-18-8-5-9-19(14-18)25(26)27)24-12-10-20(11-13-24)28-16-17-6-3-4-7-17;/h5,8-9,14,17,20H,2-4,6-7,10-13,15-16H2,1H3,(H,22,23);1H. The van der Waals surface area contributed by atoms with Gasteiger partial charge in [0.25, 0.3) is 5.69 Å². The topological polar surface area (TPSA) is 80.0 Å². The second kappa shape index (κ2) is 12.3. The molecule has 0 spiro atoms. The van der Waals surface area contributed by atoms with Gasteiger partial charge >= 0.3 is 0 Å². The van der Waals surface area contributed by atoms with Gasteiger partial charge in [0, 0.05) is 38.4 Å². The number of benzene rings is 1. The van der Waals surface area contributed by atoms with Crippen LogP contribution < -0.4 is 5.32 Å². The van der Waals surface area contributed by atoms with E-state index in [0.29, 0.717) is 12.6 Å². The van der Waals surface area contributed by atoms with E-state index in [0.717, 1.165) is 56.5 Å². The summed E-state index contributed by atoms with van der Waals surface area (Å²) in [5.41, 5.74) is 0.956. The molecule has 0 radical (unpaired) electrons. The fraction of sp³-hybridized carbons (Fsp3) is 0.667. The van der Waals surface area contributed by atoms with Crippen LogP contribution in [0.3, 0.4) is 0 Å². The van der Waals surface area contributed by atoms with Crippen molar-refractivity contribution in [3.8, 4) is 0 Å². The molecule has 2 fully saturated rings. The maximum absolute atomic E-state index is 10.9. The van der Waals surface area contributed by atoms with Gasteiger partial charge in [0.15, 0.2) is 5.96 Å². The lowest BCUT2D eigenvalue weighted by atomic mass is 10.1. The average Bonchev–Trinajstić information content (AvgIpc) is 3.24. The van der Waals surface area contributed by atoms with Gasteiger partial charge in [0.1, 0.15) is 0 Å². The molecule has 0 amide bonds. The van der Waals surface area contributed by atoms with E-state index in [4.69, 9.17) is 9.73 Å². The summed E-state index contributed by atoms with van der Waals surface area (Å²) in [5.74, 6) is 1.65. The van der Waals surface area contributed by atoms with Crippen LogP contribution in [0.2, 0.25) is 0 Å². The van der Waals surface area contributed by atoms with E-state index in [1.165, 1.54) is 31.7 Å². The Kier molecular flexibility index (Phi) is 10.1. The van der Waals surface area contributed by atoms with Crippen LogP contribution in [0.1, 0.15) is 51.0 Å². The molecule has 0 atom stereocenters. The monoisotopic (exact) mass is 516 g/mol. The summed E-state index contributed by atoms with van der Waals surface area (Å²) in [7, 11) is 0. The van der Waals surface area contributed by atoms with Gasteiger partial charge in [-0.15, -0.1) is 24.0 Å². The van der Waals surface area contributed by atoms with Gasteiger partial charge in [-0.3, -0.25) is 10.1 Å². The van der Waals surface area contributed by atoms with Crippen molar-refractivity contribution < 1.29 is 9.66 Å². The average molecular weight is 516 g/mol. The molecule has 162 valence electrons. The molecular weight excluding hydrogens is 483 g/mol. The third-order valence-corrected chi connectivity index (χ3v) is 5.65. The van der Waals surface area contributed by atoms with Gasteiger partial charge in [0.05, 0.1) is 17.6 Å². The van der Waals surface area contributed by atoms with Crippen LogP contribution >= 0.6 is 24.0 Å². The molecule has 8 heteroatoms. The molecule has 1 heterocycles. The minimum Gasteiger partial charge on any atom is -0.378 e. The lowest BCUT2D eigenvalue weighted by molar-refractivity contribution is -0.384.